The summed E-state index contributed by atoms with van der Waals surface area (Å²) in [5, 5.41) is 4.45. The van der Waals surface area contributed by atoms with Crippen LogP contribution in [0.15, 0.2) is 22.7 Å². The van der Waals surface area contributed by atoms with Gasteiger partial charge in [-0.1, -0.05) is 11.6 Å². The minimum absolute atomic E-state index is 0.221. The van der Waals surface area contributed by atoms with E-state index in [4.69, 9.17) is 21.8 Å². The van der Waals surface area contributed by atoms with Gasteiger partial charge in [0.2, 0.25) is 5.78 Å². The lowest BCUT2D eigenvalue weighted by atomic mass is 10.2. The van der Waals surface area contributed by atoms with Gasteiger partial charge in [0, 0.05) is 6.54 Å². The number of furan rings is 1. The number of halogens is 1. The van der Waals surface area contributed by atoms with Gasteiger partial charge in [-0.3, -0.25) is 9.48 Å². The van der Waals surface area contributed by atoms with Crippen LogP contribution in [-0.2, 0) is 13.1 Å². The molecule has 0 aromatic carbocycles. The van der Waals surface area contributed by atoms with E-state index in [2.05, 4.69) is 5.10 Å². The summed E-state index contributed by atoms with van der Waals surface area (Å²) in [6, 6.07) is 3.28. The van der Waals surface area contributed by atoms with Gasteiger partial charge in [0.25, 0.3) is 0 Å². The van der Waals surface area contributed by atoms with Gasteiger partial charge < -0.3 is 15.1 Å². The number of nitrogens with two attached hydrogens (primary N) is 1. The van der Waals surface area contributed by atoms with Crippen molar-refractivity contribution in [3.63, 3.8) is 0 Å². The van der Waals surface area contributed by atoms with Gasteiger partial charge in [-0.2, -0.15) is 5.10 Å². The number of carbonyl (C=O) groups excluding carboxylic acids is 1. The number of carbonyl (C=O) groups is 1. The number of aromatic nitrogens is 2. The Labute approximate surface area is 122 Å². The summed E-state index contributed by atoms with van der Waals surface area (Å²) in [5.74, 6) is 0.494. The van der Waals surface area contributed by atoms with Gasteiger partial charge in [-0.25, -0.2) is 0 Å². The van der Waals surface area contributed by atoms with Crippen molar-refractivity contribution in [2.45, 2.75) is 13.1 Å². The second-order valence-electron chi connectivity index (χ2n) is 4.67. The van der Waals surface area contributed by atoms with Crippen LogP contribution in [0.3, 0.4) is 0 Å². The first-order valence-electron chi connectivity index (χ1n) is 6.22. The molecule has 0 bridgehead atoms. The Kier molecular flexibility index (Phi) is 4.59. The lowest BCUT2D eigenvalue weighted by molar-refractivity contribution is 0.0996. The Morgan fingerprint density at radius 2 is 2.25 bits per heavy atom. The third-order valence-electron chi connectivity index (χ3n) is 2.86. The van der Waals surface area contributed by atoms with E-state index in [0.29, 0.717) is 23.0 Å². The molecular weight excluding hydrogens is 280 g/mol. The van der Waals surface area contributed by atoms with E-state index in [1.165, 1.54) is 6.20 Å². The first-order valence-corrected chi connectivity index (χ1v) is 6.60. The molecule has 0 saturated carbocycles. The van der Waals surface area contributed by atoms with Crippen LogP contribution < -0.4 is 5.73 Å². The summed E-state index contributed by atoms with van der Waals surface area (Å²) in [7, 11) is 3.90. The molecule has 20 heavy (non-hydrogen) atoms. The fourth-order valence-corrected chi connectivity index (χ4v) is 2.01. The van der Waals surface area contributed by atoms with E-state index in [1.807, 2.05) is 19.0 Å². The monoisotopic (exact) mass is 296 g/mol. The van der Waals surface area contributed by atoms with E-state index in [1.54, 1.807) is 16.8 Å². The molecule has 0 atom stereocenters. The maximum absolute atomic E-state index is 12.4. The minimum atomic E-state index is -0.286. The van der Waals surface area contributed by atoms with Crippen LogP contribution in [0.25, 0.3) is 0 Å². The Balaban J connectivity index is 2.26. The Bertz CT molecular complexity index is 603. The van der Waals surface area contributed by atoms with Gasteiger partial charge in [0.05, 0.1) is 24.3 Å². The van der Waals surface area contributed by atoms with Gasteiger partial charge in [-0.15, -0.1) is 0 Å². The lowest BCUT2D eigenvalue weighted by Gasteiger charge is -2.11. The zero-order valence-electron chi connectivity index (χ0n) is 11.5. The second-order valence-corrected chi connectivity index (χ2v) is 5.07. The number of hydrogen-bond acceptors (Lipinski definition) is 5. The van der Waals surface area contributed by atoms with Crippen LogP contribution >= 0.6 is 11.6 Å². The summed E-state index contributed by atoms with van der Waals surface area (Å²) in [5.41, 5.74) is 5.81. The molecule has 108 valence electrons. The minimum Gasteiger partial charge on any atom is -0.456 e. The summed E-state index contributed by atoms with van der Waals surface area (Å²) >= 11 is 6.06. The lowest BCUT2D eigenvalue weighted by Crippen LogP contribution is -2.21. The molecule has 2 N–H and O–H groups in total. The van der Waals surface area contributed by atoms with Crippen molar-refractivity contribution in [3.8, 4) is 0 Å². The molecule has 0 unspecified atom stereocenters. The van der Waals surface area contributed by atoms with Crippen molar-refractivity contribution in [2.75, 3.05) is 20.6 Å². The molecule has 0 radical (unpaired) electrons. The maximum atomic E-state index is 12.4. The summed E-state index contributed by atoms with van der Waals surface area (Å²) in [6.45, 7) is 1.58. The predicted molar refractivity (Wildman–Crippen MR) is 75.8 cm³/mol. The smallest absolute Gasteiger partial charge is 0.247 e. The highest BCUT2D eigenvalue weighted by Crippen LogP contribution is 2.20. The molecule has 7 heteroatoms. The largest absolute Gasteiger partial charge is 0.456 e. The molecule has 2 aromatic heterocycles. The molecule has 6 nitrogen and oxygen atoms in total. The number of ketones is 1. The second kappa shape index (κ2) is 6.21. The first kappa shape index (κ1) is 14.8. The molecule has 0 amide bonds. The molecule has 2 rings (SSSR count). The van der Waals surface area contributed by atoms with E-state index >= 15 is 0 Å². The van der Waals surface area contributed by atoms with Crippen molar-refractivity contribution in [2.24, 2.45) is 5.73 Å². The molecule has 0 fully saturated rings. The van der Waals surface area contributed by atoms with Gasteiger partial charge in [0.1, 0.15) is 11.5 Å². The zero-order valence-corrected chi connectivity index (χ0v) is 12.2. The van der Waals surface area contributed by atoms with E-state index in [-0.39, 0.29) is 18.1 Å². The predicted octanol–water partition coefficient (Wildman–Crippen LogP) is 1.38. The molecule has 0 aliphatic rings. The average molecular weight is 297 g/mol. The average Bonchev–Trinajstić information content (AvgIpc) is 3.02. The van der Waals surface area contributed by atoms with Crippen molar-refractivity contribution in [3.05, 3.63) is 40.6 Å². The topological polar surface area (TPSA) is 77.3 Å². The van der Waals surface area contributed by atoms with Crippen LogP contribution in [0.2, 0.25) is 5.02 Å². The molecule has 2 aromatic rings. The number of rotatable bonds is 6. The molecule has 0 aliphatic heterocycles. The highest BCUT2D eigenvalue weighted by atomic mass is 35.5. The van der Waals surface area contributed by atoms with E-state index < -0.39 is 0 Å². The fraction of sp³-hybridized carbons (Fsp3) is 0.385. The number of hydrogen-bond donors (Lipinski definition) is 1. The quantitative estimate of drug-likeness (QED) is 0.815. The molecular formula is C13H17ClN4O2. The first-order chi connectivity index (χ1) is 9.52. The standard InChI is InChI=1S/C13H17ClN4O2/c1-17(2)5-6-18-12(10(14)8-16-18)13(19)11-4-3-9(7-15)20-11/h3-4,8H,5-7,15H2,1-2H3. The van der Waals surface area contributed by atoms with Crippen LogP contribution in [0.5, 0.6) is 0 Å². The zero-order chi connectivity index (χ0) is 14.7. The maximum Gasteiger partial charge on any atom is 0.247 e. The molecule has 2 heterocycles. The van der Waals surface area contributed by atoms with Crippen LogP contribution in [0, 0.1) is 0 Å². The Morgan fingerprint density at radius 3 is 2.85 bits per heavy atom. The number of nitrogens with zero attached hydrogens (tertiary/aromatic N) is 3. The Hall–Kier alpha value is -1.63. The third kappa shape index (κ3) is 3.09. The molecule has 0 saturated heterocycles. The SMILES string of the molecule is CN(C)CCn1ncc(Cl)c1C(=O)c1ccc(CN)o1. The molecule has 0 aliphatic carbocycles. The summed E-state index contributed by atoms with van der Waals surface area (Å²) in [6.07, 6.45) is 1.47. The highest BCUT2D eigenvalue weighted by Gasteiger charge is 2.22. The Morgan fingerprint density at radius 1 is 1.50 bits per heavy atom. The van der Waals surface area contributed by atoms with Gasteiger partial charge in [0.15, 0.2) is 5.76 Å². The fourth-order valence-electron chi connectivity index (χ4n) is 1.78. The van der Waals surface area contributed by atoms with E-state index in [0.717, 1.165) is 6.54 Å². The van der Waals surface area contributed by atoms with Crippen molar-refractivity contribution in [1.29, 1.82) is 0 Å². The third-order valence-corrected chi connectivity index (χ3v) is 3.13. The molecule has 0 spiro atoms. The van der Waals surface area contributed by atoms with E-state index in [9.17, 15) is 4.79 Å². The van der Waals surface area contributed by atoms with Crippen molar-refractivity contribution >= 4 is 17.4 Å². The summed E-state index contributed by atoms with van der Waals surface area (Å²) < 4.78 is 6.96. The van der Waals surface area contributed by atoms with Crippen LogP contribution in [-0.4, -0.2) is 41.1 Å². The summed E-state index contributed by atoms with van der Waals surface area (Å²) in [4.78, 5) is 14.4. The highest BCUT2D eigenvalue weighted by molar-refractivity contribution is 6.34. The van der Waals surface area contributed by atoms with Crippen molar-refractivity contribution < 1.29 is 9.21 Å². The normalized spacial score (nSPS) is 11.2. The van der Waals surface area contributed by atoms with Crippen LogP contribution in [0.4, 0.5) is 0 Å². The van der Waals surface area contributed by atoms with Gasteiger partial charge in [-0.05, 0) is 26.2 Å². The van der Waals surface area contributed by atoms with Gasteiger partial charge >= 0.3 is 0 Å². The number of likely N-dealkylation sites (N-methyl/N-ethyl adjacent to an activating group) is 1. The van der Waals surface area contributed by atoms with Crippen molar-refractivity contribution in [1.82, 2.24) is 14.7 Å². The van der Waals surface area contributed by atoms with Crippen LogP contribution in [0.1, 0.15) is 22.0 Å².